The number of halogens is 1. The molecule has 0 saturated carbocycles. The van der Waals surface area contributed by atoms with Gasteiger partial charge in [0.1, 0.15) is 5.75 Å². The summed E-state index contributed by atoms with van der Waals surface area (Å²) >= 11 is 6.29. The number of carbonyl (C=O) groups excluding carboxylic acids is 4. The highest BCUT2D eigenvalue weighted by Gasteiger charge is 2.22. The maximum atomic E-state index is 12.9. The summed E-state index contributed by atoms with van der Waals surface area (Å²) in [4.78, 5) is 51.9. The molecule has 0 bridgehead atoms. The van der Waals surface area contributed by atoms with Crippen molar-refractivity contribution < 1.29 is 38.5 Å². The van der Waals surface area contributed by atoms with E-state index in [1.165, 1.54) is 74.9 Å². The summed E-state index contributed by atoms with van der Waals surface area (Å²) in [6.07, 6.45) is 10.6. The lowest BCUT2D eigenvalue weighted by Gasteiger charge is -2.14. The van der Waals surface area contributed by atoms with Gasteiger partial charge in [0.25, 0.3) is 5.91 Å². The molecular formula is C37H44ClN4O7+. The number of nitrogens with one attached hydrogen (secondary N) is 2. The van der Waals surface area contributed by atoms with E-state index in [0.717, 1.165) is 19.3 Å². The first-order valence-electron chi connectivity index (χ1n) is 16.9. The number of ether oxygens (including phenoxy) is 3. The van der Waals surface area contributed by atoms with Crippen LogP contribution in [0.5, 0.6) is 5.75 Å². The highest BCUT2D eigenvalue weighted by Crippen LogP contribution is 2.24. The van der Waals surface area contributed by atoms with Gasteiger partial charge in [0, 0.05) is 11.2 Å². The van der Waals surface area contributed by atoms with Gasteiger partial charge in [-0.3, -0.25) is 4.79 Å². The summed E-state index contributed by atoms with van der Waals surface area (Å²) in [6.45, 7) is 3.73. The molecule has 1 unspecified atom stereocenters. The highest BCUT2D eigenvalue weighted by molar-refractivity contribution is 6.33. The number of benzene rings is 3. The minimum Gasteiger partial charge on any atom is -0.463 e. The smallest absolute Gasteiger partial charge is 0.347 e. The largest absolute Gasteiger partial charge is 0.463 e. The van der Waals surface area contributed by atoms with Crippen LogP contribution in [0.2, 0.25) is 5.02 Å². The second kappa shape index (κ2) is 19.3. The number of nitrogens with zero attached hydrogens (tertiary/aromatic N) is 2. The molecule has 3 aromatic carbocycles. The number of anilines is 1. The molecule has 1 amide bonds. The van der Waals surface area contributed by atoms with Crippen molar-refractivity contribution in [1.29, 1.82) is 0 Å². The molecule has 4 rings (SSSR count). The third-order valence-corrected chi connectivity index (χ3v) is 8.12. The summed E-state index contributed by atoms with van der Waals surface area (Å²) in [6, 6.07) is 17.8. The number of hydrogen-bond donors (Lipinski definition) is 1. The first-order valence-corrected chi connectivity index (χ1v) is 17.3. The molecule has 0 radical (unpaired) electrons. The predicted molar refractivity (Wildman–Crippen MR) is 185 cm³/mol. The number of fused-ring (bicyclic) bond motifs is 1. The number of hydrogen-bond acceptors (Lipinski definition) is 8. The lowest BCUT2D eigenvalue weighted by Crippen LogP contribution is -2.28. The van der Waals surface area contributed by atoms with Crippen LogP contribution in [0.25, 0.3) is 11.0 Å². The van der Waals surface area contributed by atoms with Gasteiger partial charge in [0.15, 0.2) is 18.2 Å². The summed E-state index contributed by atoms with van der Waals surface area (Å²) in [5, 5.41) is 10.2. The molecule has 0 saturated heterocycles. The molecule has 0 aliphatic heterocycles. The minimum atomic E-state index is -1.10. The van der Waals surface area contributed by atoms with Crippen LogP contribution in [-0.4, -0.2) is 46.4 Å². The molecule has 12 heteroatoms. The Morgan fingerprint density at radius 2 is 1.49 bits per heavy atom. The lowest BCUT2D eigenvalue weighted by molar-refractivity contribution is -0.469. The number of esters is 3. The fraction of sp³-hybridized carbons (Fsp3) is 0.405. The number of para-hydroxylation sites is 1. The van der Waals surface area contributed by atoms with Gasteiger partial charge < -0.3 is 19.5 Å². The number of carbonyl (C=O) groups is 4. The number of aromatic amines is 1. The van der Waals surface area contributed by atoms with Crippen LogP contribution in [0.1, 0.15) is 98.8 Å². The molecule has 1 atom stereocenters. The van der Waals surface area contributed by atoms with Gasteiger partial charge in [-0.2, -0.15) is 5.10 Å². The fourth-order valence-corrected chi connectivity index (χ4v) is 5.25. The summed E-state index contributed by atoms with van der Waals surface area (Å²) < 4.78 is 16.0. The Kier molecular flexibility index (Phi) is 14.6. The van der Waals surface area contributed by atoms with Crippen molar-refractivity contribution in [3.63, 3.8) is 0 Å². The minimum absolute atomic E-state index is 0.0975. The summed E-state index contributed by atoms with van der Waals surface area (Å²) in [5.41, 5.74) is 1.63. The van der Waals surface area contributed by atoms with E-state index in [1.54, 1.807) is 42.5 Å². The van der Waals surface area contributed by atoms with Gasteiger partial charge in [0.05, 0.1) is 28.4 Å². The molecule has 1 heterocycles. The van der Waals surface area contributed by atoms with Crippen LogP contribution in [-0.2, 0) is 25.6 Å². The van der Waals surface area contributed by atoms with Crippen LogP contribution >= 0.6 is 11.6 Å². The first-order chi connectivity index (χ1) is 23.7. The van der Waals surface area contributed by atoms with Crippen LogP contribution in [0, 0.1) is 0 Å². The Balaban J connectivity index is 1.22. The van der Waals surface area contributed by atoms with E-state index in [0.29, 0.717) is 22.3 Å². The zero-order valence-corrected chi connectivity index (χ0v) is 28.8. The van der Waals surface area contributed by atoms with Crippen LogP contribution < -0.4 is 15.2 Å². The zero-order chi connectivity index (χ0) is 35.0. The van der Waals surface area contributed by atoms with Gasteiger partial charge >= 0.3 is 17.9 Å². The number of aromatic nitrogens is 3. The highest BCUT2D eigenvalue weighted by atomic mass is 35.5. The third-order valence-electron chi connectivity index (χ3n) is 7.79. The van der Waals surface area contributed by atoms with Gasteiger partial charge in [-0.1, -0.05) is 94.5 Å². The van der Waals surface area contributed by atoms with E-state index in [-0.39, 0.29) is 29.4 Å². The molecule has 0 aliphatic rings. The molecule has 1 aromatic heterocycles. The van der Waals surface area contributed by atoms with E-state index >= 15 is 0 Å². The van der Waals surface area contributed by atoms with Gasteiger partial charge in [-0.15, -0.1) is 0 Å². The third kappa shape index (κ3) is 12.0. The zero-order valence-electron chi connectivity index (χ0n) is 28.0. The van der Waals surface area contributed by atoms with E-state index < -0.39 is 29.9 Å². The molecule has 4 aromatic rings. The molecule has 2 N–H and O–H groups in total. The molecule has 11 nitrogen and oxygen atoms in total. The average Bonchev–Trinajstić information content (AvgIpc) is 3.49. The Morgan fingerprint density at radius 3 is 2.20 bits per heavy atom. The number of rotatable bonds is 19. The molecule has 49 heavy (non-hydrogen) atoms. The van der Waals surface area contributed by atoms with Crippen LogP contribution in [0.3, 0.4) is 0 Å². The van der Waals surface area contributed by atoms with Crippen molar-refractivity contribution in [2.24, 2.45) is 0 Å². The van der Waals surface area contributed by atoms with Crippen molar-refractivity contribution >= 4 is 52.1 Å². The SMILES string of the molecule is CCCCCCCCCCCCOC(=O)C(C)OC(=O)c1ccc(Cl)c(NC(=O)Cn2nc3cc(C(=O)Oc4ccccc4)ccc3[nH+]2)c1. The number of H-pyrrole nitrogens is 1. The van der Waals surface area contributed by atoms with Crippen molar-refractivity contribution in [2.45, 2.75) is 90.7 Å². The molecule has 0 fully saturated rings. The topological polar surface area (TPSA) is 140 Å². The Morgan fingerprint density at radius 1 is 0.837 bits per heavy atom. The lowest BCUT2D eigenvalue weighted by atomic mass is 10.1. The van der Waals surface area contributed by atoms with Crippen molar-refractivity contribution in [2.75, 3.05) is 11.9 Å². The van der Waals surface area contributed by atoms with E-state index in [9.17, 15) is 19.2 Å². The Labute approximate surface area is 291 Å². The van der Waals surface area contributed by atoms with Gasteiger partial charge in [-0.05, 0) is 60.6 Å². The number of amides is 1. The van der Waals surface area contributed by atoms with Crippen LogP contribution in [0.15, 0.2) is 66.7 Å². The molecule has 0 aliphatic carbocycles. The van der Waals surface area contributed by atoms with E-state index in [2.05, 4.69) is 22.4 Å². The van der Waals surface area contributed by atoms with Crippen molar-refractivity contribution in [3.05, 3.63) is 82.9 Å². The average molecular weight is 692 g/mol. The van der Waals surface area contributed by atoms with E-state index in [1.807, 2.05) is 6.07 Å². The maximum Gasteiger partial charge on any atom is 0.347 e. The standard InChI is InChI=1S/C37H43ClN4O7/c1-3-4-5-6-7-8-9-10-11-15-22-47-35(44)26(2)48-36(45)27-18-20-30(38)32(23-27)39-34(43)25-42-40-31-21-19-28(24-33(31)41-42)37(46)49-29-16-13-12-14-17-29/h12-14,16-21,23-24,26H,3-11,15,22,25H2,1-2H3,(H,39,43)/p+1. The van der Waals surface area contributed by atoms with Crippen molar-refractivity contribution in [1.82, 2.24) is 9.90 Å². The maximum absolute atomic E-state index is 12.9. The van der Waals surface area contributed by atoms with Gasteiger partial charge in [0.2, 0.25) is 5.52 Å². The van der Waals surface area contributed by atoms with E-state index in [4.69, 9.17) is 25.8 Å². The summed E-state index contributed by atoms with van der Waals surface area (Å²) in [7, 11) is 0. The Bertz CT molecular complexity index is 1710. The first kappa shape index (κ1) is 37.1. The quantitative estimate of drug-likeness (QED) is 0.0611. The second-order valence-electron chi connectivity index (χ2n) is 11.8. The monoisotopic (exact) mass is 691 g/mol. The molecule has 260 valence electrons. The normalized spacial score (nSPS) is 11.6. The molecule has 0 spiro atoms. The molecular weight excluding hydrogens is 648 g/mol. The fourth-order valence-electron chi connectivity index (χ4n) is 5.09. The summed E-state index contributed by atoms with van der Waals surface area (Å²) in [5.74, 6) is -1.98. The predicted octanol–water partition coefficient (Wildman–Crippen LogP) is 7.37. The van der Waals surface area contributed by atoms with Crippen LogP contribution in [0.4, 0.5) is 5.69 Å². The number of unbranched alkanes of at least 4 members (excludes halogenated alkanes) is 9. The second-order valence-corrected chi connectivity index (χ2v) is 12.3. The van der Waals surface area contributed by atoms with Crippen molar-refractivity contribution in [3.8, 4) is 5.75 Å². The van der Waals surface area contributed by atoms with Gasteiger partial charge in [-0.25, -0.2) is 14.4 Å². The Hall–Kier alpha value is -4.77.